The molecule has 1 atom stereocenters. The minimum atomic E-state index is -4.28. The van der Waals surface area contributed by atoms with Crippen LogP contribution in [0.1, 0.15) is 74.5 Å². The van der Waals surface area contributed by atoms with Gasteiger partial charge in [-0.3, -0.25) is 5.32 Å². The van der Waals surface area contributed by atoms with Crippen LogP contribution in [0.15, 0.2) is 18.3 Å². The first-order chi connectivity index (χ1) is 16.8. The van der Waals surface area contributed by atoms with E-state index in [0.717, 1.165) is 50.9 Å². The van der Waals surface area contributed by atoms with Gasteiger partial charge in [0.1, 0.15) is 28.5 Å². The summed E-state index contributed by atoms with van der Waals surface area (Å²) in [6.45, 7) is 2.91. The molecule has 1 unspecified atom stereocenters. The quantitative estimate of drug-likeness (QED) is 0.681. The number of alkyl halides is 3. The third-order valence-corrected chi connectivity index (χ3v) is 8.31. The second-order valence-electron chi connectivity index (χ2n) is 10.3. The Morgan fingerprint density at radius 1 is 1.11 bits per heavy atom. The number of carbonyl (C=O) groups is 1. The zero-order valence-corrected chi connectivity index (χ0v) is 19.5. The van der Waals surface area contributed by atoms with Crippen molar-refractivity contribution in [3.8, 4) is 0 Å². The number of rotatable bonds is 4. The van der Waals surface area contributed by atoms with Crippen LogP contribution in [0.5, 0.6) is 0 Å². The molecule has 35 heavy (non-hydrogen) atoms. The van der Waals surface area contributed by atoms with Crippen molar-refractivity contribution in [3.05, 3.63) is 35.5 Å². The maximum atomic E-state index is 13.8. The summed E-state index contributed by atoms with van der Waals surface area (Å²) in [4.78, 5) is 18.8. The van der Waals surface area contributed by atoms with Crippen LogP contribution in [0.4, 0.5) is 23.8 Å². The van der Waals surface area contributed by atoms with Gasteiger partial charge in [0.2, 0.25) is 0 Å². The summed E-state index contributed by atoms with van der Waals surface area (Å²) in [6.07, 6.45) is 2.03. The Morgan fingerprint density at radius 3 is 2.66 bits per heavy atom. The summed E-state index contributed by atoms with van der Waals surface area (Å²) >= 11 is 0. The average Bonchev–Trinajstić information content (AvgIpc) is 3.59. The number of aromatic nitrogens is 4. The number of likely N-dealkylation sites (tertiary alicyclic amines) is 1. The number of pyridine rings is 1. The van der Waals surface area contributed by atoms with Crippen LogP contribution in [0.25, 0.3) is 0 Å². The Bertz CT molecular complexity index is 1120. The Labute approximate surface area is 201 Å². The van der Waals surface area contributed by atoms with Crippen LogP contribution >= 0.6 is 0 Å². The number of ether oxygens (including phenoxy) is 1. The van der Waals surface area contributed by atoms with E-state index >= 15 is 0 Å². The Hall–Kier alpha value is -2.69. The van der Waals surface area contributed by atoms with Crippen LogP contribution in [-0.4, -0.2) is 56.6 Å². The van der Waals surface area contributed by atoms with E-state index in [4.69, 9.17) is 4.74 Å². The third kappa shape index (κ3) is 3.78. The van der Waals surface area contributed by atoms with Crippen molar-refractivity contribution in [1.29, 1.82) is 0 Å². The van der Waals surface area contributed by atoms with Gasteiger partial charge in [0.25, 0.3) is 0 Å². The van der Waals surface area contributed by atoms with Crippen LogP contribution in [0.2, 0.25) is 0 Å². The number of carbonyl (C=O) groups excluding carboxylic acids is 1. The van der Waals surface area contributed by atoms with Gasteiger partial charge in [-0.2, -0.15) is 13.2 Å². The molecule has 1 saturated heterocycles. The molecule has 1 amide bonds. The molecule has 1 saturated carbocycles. The van der Waals surface area contributed by atoms with Crippen molar-refractivity contribution in [1.82, 2.24) is 24.6 Å². The lowest BCUT2D eigenvalue weighted by Gasteiger charge is -2.43. The maximum Gasteiger partial charge on any atom is 0.413 e. The zero-order chi connectivity index (χ0) is 24.3. The lowest BCUT2D eigenvalue weighted by Crippen LogP contribution is -2.48. The lowest BCUT2D eigenvalue weighted by molar-refractivity contribution is -0.163. The van der Waals surface area contributed by atoms with Crippen LogP contribution in [0, 0.1) is 0 Å². The molecular formula is C24H29F3N6O2. The fraction of sp³-hybridized carbons (Fsp3) is 0.667. The molecule has 188 valence electrons. The lowest BCUT2D eigenvalue weighted by atomic mass is 9.83. The minimum Gasteiger partial charge on any atom is -0.438 e. The monoisotopic (exact) mass is 490 g/mol. The largest absolute Gasteiger partial charge is 0.438 e. The molecule has 0 aromatic carbocycles. The number of hydrogen-bond acceptors (Lipinski definition) is 6. The average molecular weight is 491 g/mol. The Balaban J connectivity index is 1.14. The van der Waals surface area contributed by atoms with Gasteiger partial charge < -0.3 is 14.2 Å². The molecule has 1 N–H and O–H groups in total. The van der Waals surface area contributed by atoms with Gasteiger partial charge >= 0.3 is 12.3 Å². The summed E-state index contributed by atoms with van der Waals surface area (Å²) in [5.41, 5.74) is -1.54. The van der Waals surface area contributed by atoms with Crippen LogP contribution in [0.3, 0.4) is 0 Å². The van der Waals surface area contributed by atoms with Gasteiger partial charge in [0, 0.05) is 50.2 Å². The van der Waals surface area contributed by atoms with E-state index in [1.807, 2.05) is 12.1 Å². The van der Waals surface area contributed by atoms with Gasteiger partial charge in [-0.05, 0) is 50.8 Å². The standard InChI is InChI=1S/C24H29F3N6O2/c25-24(26,27)22(7-8-22)20-31-30-19-16(4-1-2-12-33(19)20)6-13-32-14-9-23(10-15-32)17-5-3-11-28-18(17)29-21(34)35-23/h3,5,11,16H,1-2,4,6-10,12-15H2,(H,28,29,34). The fourth-order valence-electron chi connectivity index (χ4n) is 6.09. The van der Waals surface area contributed by atoms with Gasteiger partial charge in [0.05, 0.1) is 0 Å². The fourth-order valence-corrected chi connectivity index (χ4v) is 6.09. The molecule has 0 bridgehead atoms. The summed E-state index contributed by atoms with van der Waals surface area (Å²) in [5.74, 6) is 1.50. The molecule has 11 heteroatoms. The van der Waals surface area contributed by atoms with Gasteiger partial charge in [-0.15, -0.1) is 10.2 Å². The second kappa shape index (κ2) is 8.18. The predicted octanol–water partition coefficient (Wildman–Crippen LogP) is 4.48. The molecule has 1 aliphatic carbocycles. The van der Waals surface area contributed by atoms with Crippen LogP contribution < -0.4 is 5.32 Å². The van der Waals surface area contributed by atoms with E-state index in [2.05, 4.69) is 25.4 Å². The van der Waals surface area contributed by atoms with Crippen molar-refractivity contribution in [3.63, 3.8) is 0 Å². The zero-order valence-electron chi connectivity index (χ0n) is 19.5. The van der Waals surface area contributed by atoms with Gasteiger partial charge in [0.15, 0.2) is 0 Å². The van der Waals surface area contributed by atoms with Crippen molar-refractivity contribution in [2.45, 2.75) is 81.0 Å². The minimum absolute atomic E-state index is 0.0975. The maximum absolute atomic E-state index is 13.8. The molecule has 5 heterocycles. The number of halogens is 3. The first-order valence-corrected chi connectivity index (χ1v) is 12.5. The molecule has 1 spiro atoms. The number of hydrogen-bond donors (Lipinski definition) is 1. The van der Waals surface area contributed by atoms with E-state index in [1.165, 1.54) is 0 Å². The van der Waals surface area contributed by atoms with E-state index in [1.54, 1.807) is 10.8 Å². The number of anilines is 1. The Morgan fingerprint density at radius 2 is 1.91 bits per heavy atom. The highest BCUT2D eigenvalue weighted by Crippen LogP contribution is 2.58. The highest BCUT2D eigenvalue weighted by Gasteiger charge is 2.67. The molecule has 2 aromatic rings. The highest BCUT2D eigenvalue weighted by atomic mass is 19.4. The van der Waals surface area contributed by atoms with E-state index in [0.29, 0.717) is 31.0 Å². The van der Waals surface area contributed by atoms with Crippen molar-refractivity contribution in [2.75, 3.05) is 25.0 Å². The first kappa shape index (κ1) is 22.8. The van der Waals surface area contributed by atoms with E-state index in [9.17, 15) is 18.0 Å². The smallest absolute Gasteiger partial charge is 0.413 e. The molecule has 4 aliphatic rings. The Kier molecular flexibility index (Phi) is 5.32. The normalized spacial score (nSPS) is 25.2. The molecule has 2 fully saturated rings. The van der Waals surface area contributed by atoms with Crippen LogP contribution in [-0.2, 0) is 22.3 Å². The molecule has 6 rings (SSSR count). The van der Waals surface area contributed by atoms with E-state index in [-0.39, 0.29) is 24.6 Å². The van der Waals surface area contributed by atoms with Gasteiger partial charge in [-0.1, -0.05) is 6.42 Å². The molecule has 2 aromatic heterocycles. The summed E-state index contributed by atoms with van der Waals surface area (Å²) in [5, 5.41) is 11.1. The van der Waals surface area contributed by atoms with Gasteiger partial charge in [-0.25, -0.2) is 9.78 Å². The molecule has 0 radical (unpaired) electrons. The number of amides is 1. The molecule has 8 nitrogen and oxygen atoms in total. The van der Waals surface area contributed by atoms with E-state index < -0.39 is 23.3 Å². The van der Waals surface area contributed by atoms with Crippen molar-refractivity contribution in [2.24, 2.45) is 0 Å². The topological polar surface area (TPSA) is 85.2 Å². The highest BCUT2D eigenvalue weighted by molar-refractivity contribution is 5.87. The first-order valence-electron chi connectivity index (χ1n) is 12.5. The molecular weight excluding hydrogens is 461 g/mol. The number of nitrogens with zero attached hydrogens (tertiary/aromatic N) is 5. The van der Waals surface area contributed by atoms with Crippen molar-refractivity contribution >= 4 is 11.9 Å². The number of piperidine rings is 1. The summed E-state index contributed by atoms with van der Waals surface area (Å²) in [7, 11) is 0. The third-order valence-electron chi connectivity index (χ3n) is 8.31. The number of nitrogens with one attached hydrogen (secondary N) is 1. The summed E-state index contributed by atoms with van der Waals surface area (Å²) in [6, 6.07) is 3.82. The predicted molar refractivity (Wildman–Crippen MR) is 120 cm³/mol. The second-order valence-corrected chi connectivity index (χ2v) is 10.3. The molecule has 3 aliphatic heterocycles. The van der Waals surface area contributed by atoms with Crippen molar-refractivity contribution < 1.29 is 22.7 Å². The summed E-state index contributed by atoms with van der Waals surface area (Å²) < 4.78 is 48.8. The number of fused-ring (bicyclic) bond motifs is 3. The SMILES string of the molecule is O=C1Nc2ncccc2C2(CCN(CCC3CCCCn4c3nnc4C3(C(F)(F)F)CC3)CC2)O1.